The van der Waals surface area contributed by atoms with E-state index < -0.39 is 6.04 Å². The van der Waals surface area contributed by atoms with E-state index in [-0.39, 0.29) is 17.7 Å². The van der Waals surface area contributed by atoms with Gasteiger partial charge in [-0.05, 0) is 24.9 Å². The third kappa shape index (κ3) is 4.11. The Bertz CT molecular complexity index is 581. The molecule has 1 aromatic carbocycles. The van der Waals surface area contributed by atoms with Crippen molar-refractivity contribution in [3.63, 3.8) is 0 Å². The van der Waals surface area contributed by atoms with Crippen molar-refractivity contribution in [2.24, 2.45) is 11.7 Å². The van der Waals surface area contributed by atoms with E-state index in [0.717, 1.165) is 38.2 Å². The zero-order chi connectivity index (χ0) is 16.9. The van der Waals surface area contributed by atoms with Crippen molar-refractivity contribution in [3.05, 3.63) is 35.9 Å². The number of carbonyl (C=O) groups is 2. The molecule has 2 fully saturated rings. The van der Waals surface area contributed by atoms with Crippen molar-refractivity contribution in [3.8, 4) is 0 Å². The molecule has 2 amide bonds. The minimum atomic E-state index is -0.444. The number of thioether (sulfide) groups is 1. The lowest BCUT2D eigenvalue weighted by molar-refractivity contribution is -0.143. The predicted octanol–water partition coefficient (Wildman–Crippen LogP) is 1.33. The lowest BCUT2D eigenvalue weighted by Gasteiger charge is -2.39. The molecule has 5 nitrogen and oxygen atoms in total. The molecule has 0 bridgehead atoms. The van der Waals surface area contributed by atoms with E-state index in [1.165, 1.54) is 5.56 Å². The highest BCUT2D eigenvalue weighted by atomic mass is 32.2. The first-order chi connectivity index (χ1) is 11.6. The molecular weight excluding hydrogens is 322 g/mol. The SMILES string of the molecule is NC(=O)C1CSCCN1C(=O)C1CCCN(Cc2ccccc2)C1. The van der Waals surface area contributed by atoms with Crippen LogP contribution in [0.3, 0.4) is 0 Å². The lowest BCUT2D eigenvalue weighted by atomic mass is 9.95. The summed E-state index contributed by atoms with van der Waals surface area (Å²) in [4.78, 5) is 28.7. The van der Waals surface area contributed by atoms with Crippen LogP contribution in [0.25, 0.3) is 0 Å². The van der Waals surface area contributed by atoms with Gasteiger partial charge in [0.25, 0.3) is 0 Å². The van der Waals surface area contributed by atoms with Crippen LogP contribution in [0.15, 0.2) is 30.3 Å². The van der Waals surface area contributed by atoms with E-state index in [0.29, 0.717) is 12.3 Å². The van der Waals surface area contributed by atoms with E-state index in [2.05, 4.69) is 17.0 Å². The first-order valence-corrected chi connectivity index (χ1v) is 9.74. The topological polar surface area (TPSA) is 66.6 Å². The molecule has 2 unspecified atom stereocenters. The van der Waals surface area contributed by atoms with Gasteiger partial charge in [-0.2, -0.15) is 11.8 Å². The largest absolute Gasteiger partial charge is 0.368 e. The van der Waals surface area contributed by atoms with E-state index in [1.807, 2.05) is 18.2 Å². The molecule has 0 aliphatic carbocycles. The average molecular weight is 347 g/mol. The van der Waals surface area contributed by atoms with Crippen LogP contribution in [0, 0.1) is 5.92 Å². The molecule has 24 heavy (non-hydrogen) atoms. The molecule has 2 aliphatic rings. The molecule has 2 heterocycles. The fourth-order valence-corrected chi connectivity index (χ4v) is 4.64. The summed E-state index contributed by atoms with van der Waals surface area (Å²) >= 11 is 1.70. The van der Waals surface area contributed by atoms with Crippen molar-refractivity contribution in [1.29, 1.82) is 0 Å². The Morgan fingerprint density at radius 2 is 2.00 bits per heavy atom. The number of likely N-dealkylation sites (tertiary alicyclic amines) is 1. The number of hydrogen-bond acceptors (Lipinski definition) is 4. The molecule has 0 saturated carbocycles. The Hall–Kier alpha value is -1.53. The molecule has 2 saturated heterocycles. The van der Waals surface area contributed by atoms with Crippen molar-refractivity contribution in [2.75, 3.05) is 31.1 Å². The van der Waals surface area contributed by atoms with Crippen LogP contribution in [0.2, 0.25) is 0 Å². The van der Waals surface area contributed by atoms with Gasteiger partial charge in [0.05, 0.1) is 5.92 Å². The molecule has 2 aliphatic heterocycles. The Labute approximate surface area is 147 Å². The summed E-state index contributed by atoms with van der Waals surface area (Å²) in [5.41, 5.74) is 6.77. The highest BCUT2D eigenvalue weighted by Crippen LogP contribution is 2.24. The second kappa shape index (κ2) is 8.03. The Morgan fingerprint density at radius 1 is 1.21 bits per heavy atom. The van der Waals surface area contributed by atoms with Gasteiger partial charge in [-0.3, -0.25) is 14.5 Å². The third-order valence-electron chi connectivity index (χ3n) is 4.84. The van der Waals surface area contributed by atoms with Gasteiger partial charge in [-0.15, -0.1) is 0 Å². The standard InChI is InChI=1S/C18H25N3O2S/c19-17(22)16-13-24-10-9-21(16)18(23)15-7-4-8-20(12-15)11-14-5-2-1-3-6-14/h1-3,5-6,15-16H,4,7-13H2,(H2,19,22). The minimum absolute atomic E-state index is 0.0209. The number of amides is 2. The zero-order valence-corrected chi connectivity index (χ0v) is 14.7. The van der Waals surface area contributed by atoms with Gasteiger partial charge in [0.2, 0.25) is 11.8 Å². The van der Waals surface area contributed by atoms with Crippen LogP contribution in [0.4, 0.5) is 0 Å². The fourth-order valence-electron chi connectivity index (χ4n) is 3.58. The molecule has 130 valence electrons. The van der Waals surface area contributed by atoms with Crippen molar-refractivity contribution >= 4 is 23.6 Å². The summed E-state index contributed by atoms with van der Waals surface area (Å²) in [5, 5.41) is 0. The first-order valence-electron chi connectivity index (χ1n) is 8.59. The average Bonchev–Trinajstić information content (AvgIpc) is 2.62. The molecule has 0 spiro atoms. The van der Waals surface area contributed by atoms with E-state index in [1.54, 1.807) is 16.7 Å². The van der Waals surface area contributed by atoms with Gasteiger partial charge >= 0.3 is 0 Å². The Morgan fingerprint density at radius 3 is 2.75 bits per heavy atom. The van der Waals surface area contributed by atoms with Crippen molar-refractivity contribution in [2.45, 2.75) is 25.4 Å². The van der Waals surface area contributed by atoms with Crippen LogP contribution >= 0.6 is 11.8 Å². The quantitative estimate of drug-likeness (QED) is 0.892. The summed E-state index contributed by atoms with van der Waals surface area (Å²) in [6.07, 6.45) is 1.92. The maximum atomic E-state index is 12.9. The smallest absolute Gasteiger partial charge is 0.241 e. The normalized spacial score (nSPS) is 25.4. The molecule has 0 aromatic heterocycles. The Kier molecular flexibility index (Phi) is 5.79. The number of rotatable bonds is 4. The van der Waals surface area contributed by atoms with Crippen molar-refractivity contribution < 1.29 is 9.59 Å². The maximum Gasteiger partial charge on any atom is 0.241 e. The number of nitrogens with zero attached hydrogens (tertiary/aromatic N) is 2. The lowest BCUT2D eigenvalue weighted by Crippen LogP contribution is -2.55. The minimum Gasteiger partial charge on any atom is -0.368 e. The third-order valence-corrected chi connectivity index (χ3v) is 5.87. The van der Waals surface area contributed by atoms with Gasteiger partial charge < -0.3 is 10.6 Å². The number of piperidine rings is 1. The molecular formula is C18H25N3O2S. The zero-order valence-electron chi connectivity index (χ0n) is 13.9. The van der Waals surface area contributed by atoms with Crippen molar-refractivity contribution in [1.82, 2.24) is 9.80 Å². The van der Waals surface area contributed by atoms with Gasteiger partial charge in [-0.25, -0.2) is 0 Å². The van der Waals surface area contributed by atoms with E-state index >= 15 is 0 Å². The monoisotopic (exact) mass is 347 g/mol. The molecule has 3 rings (SSSR count). The number of primary amides is 1. The number of benzene rings is 1. The Balaban J connectivity index is 1.63. The van der Waals surface area contributed by atoms with Gasteiger partial charge in [0.15, 0.2) is 0 Å². The number of nitrogens with two attached hydrogens (primary N) is 1. The second-order valence-electron chi connectivity index (χ2n) is 6.58. The summed E-state index contributed by atoms with van der Waals surface area (Å²) in [7, 11) is 0. The summed E-state index contributed by atoms with van der Waals surface area (Å²) in [5.74, 6) is 1.22. The first kappa shape index (κ1) is 17.3. The number of carbonyl (C=O) groups excluding carboxylic acids is 2. The second-order valence-corrected chi connectivity index (χ2v) is 7.73. The summed E-state index contributed by atoms with van der Waals surface area (Å²) < 4.78 is 0. The van der Waals surface area contributed by atoms with Gasteiger partial charge in [0, 0.05) is 31.1 Å². The van der Waals surface area contributed by atoms with Crippen LogP contribution in [-0.4, -0.2) is 58.8 Å². The molecule has 1 aromatic rings. The van der Waals surface area contributed by atoms with Crippen LogP contribution in [0.1, 0.15) is 18.4 Å². The van der Waals surface area contributed by atoms with Gasteiger partial charge in [-0.1, -0.05) is 30.3 Å². The summed E-state index contributed by atoms with van der Waals surface area (Å²) in [6.45, 7) is 3.29. The van der Waals surface area contributed by atoms with Crippen LogP contribution in [-0.2, 0) is 16.1 Å². The number of hydrogen-bond donors (Lipinski definition) is 1. The highest BCUT2D eigenvalue weighted by molar-refractivity contribution is 7.99. The van der Waals surface area contributed by atoms with Crippen LogP contribution < -0.4 is 5.73 Å². The summed E-state index contributed by atoms with van der Waals surface area (Å²) in [6, 6.07) is 9.91. The van der Waals surface area contributed by atoms with Crippen LogP contribution in [0.5, 0.6) is 0 Å². The van der Waals surface area contributed by atoms with E-state index in [9.17, 15) is 9.59 Å². The van der Waals surface area contributed by atoms with E-state index in [4.69, 9.17) is 5.73 Å². The molecule has 0 radical (unpaired) electrons. The highest BCUT2D eigenvalue weighted by Gasteiger charge is 2.36. The van der Waals surface area contributed by atoms with Gasteiger partial charge in [0.1, 0.15) is 6.04 Å². The molecule has 6 heteroatoms. The fraction of sp³-hybridized carbons (Fsp3) is 0.556. The molecule has 2 N–H and O–H groups in total. The predicted molar refractivity (Wildman–Crippen MR) is 96.5 cm³/mol. The maximum absolute atomic E-state index is 12.9. The molecule has 2 atom stereocenters.